The Hall–Kier alpha value is -1.51. The van der Waals surface area contributed by atoms with E-state index < -0.39 is 30.9 Å². The zero-order chi connectivity index (χ0) is 16.3. The topological polar surface area (TPSA) is 42.4 Å². The Bertz CT molecular complexity index is 458. The van der Waals surface area contributed by atoms with Crippen LogP contribution in [0.5, 0.6) is 5.88 Å². The SMILES string of the molecule is CCCc1cc(CO)cc(OC(C(F)(F)F)C(F)(F)F)n1. The number of aliphatic hydroxyl groups excluding tert-OH is 1. The molecule has 0 aliphatic rings. The van der Waals surface area contributed by atoms with E-state index in [1.807, 2.05) is 0 Å². The van der Waals surface area contributed by atoms with Gasteiger partial charge in [0, 0.05) is 11.8 Å². The van der Waals surface area contributed by atoms with Crippen LogP contribution in [0.15, 0.2) is 12.1 Å². The molecule has 0 radical (unpaired) electrons. The lowest BCUT2D eigenvalue weighted by Crippen LogP contribution is -2.46. The van der Waals surface area contributed by atoms with E-state index >= 15 is 0 Å². The number of rotatable bonds is 5. The highest BCUT2D eigenvalue weighted by atomic mass is 19.4. The molecule has 1 rings (SSSR count). The maximum Gasteiger partial charge on any atom is 0.434 e. The van der Waals surface area contributed by atoms with Gasteiger partial charge in [-0.2, -0.15) is 26.3 Å². The molecule has 0 saturated carbocycles. The van der Waals surface area contributed by atoms with Crippen LogP contribution in [0.3, 0.4) is 0 Å². The lowest BCUT2D eigenvalue weighted by Gasteiger charge is -2.23. The van der Waals surface area contributed by atoms with Crippen LogP contribution in [-0.2, 0) is 13.0 Å². The number of aliphatic hydroxyl groups is 1. The Morgan fingerprint density at radius 2 is 1.71 bits per heavy atom. The molecule has 9 heteroatoms. The number of alkyl halides is 6. The van der Waals surface area contributed by atoms with E-state index in [0.29, 0.717) is 12.8 Å². The number of aromatic nitrogens is 1. The maximum atomic E-state index is 12.4. The summed E-state index contributed by atoms with van der Waals surface area (Å²) in [6.45, 7) is 1.22. The Kier molecular flexibility index (Phi) is 5.43. The average molecular weight is 317 g/mol. The monoisotopic (exact) mass is 317 g/mol. The third-order valence-corrected chi connectivity index (χ3v) is 2.44. The predicted octanol–water partition coefficient (Wildman–Crippen LogP) is 3.40. The van der Waals surface area contributed by atoms with Crippen molar-refractivity contribution < 1.29 is 36.2 Å². The second kappa shape index (κ2) is 6.50. The van der Waals surface area contributed by atoms with E-state index in [1.54, 1.807) is 6.92 Å². The van der Waals surface area contributed by atoms with E-state index in [2.05, 4.69) is 9.72 Å². The van der Waals surface area contributed by atoms with Crippen molar-refractivity contribution in [1.29, 1.82) is 0 Å². The Balaban J connectivity index is 3.11. The highest BCUT2D eigenvalue weighted by molar-refractivity contribution is 5.25. The van der Waals surface area contributed by atoms with Crippen molar-refractivity contribution in [1.82, 2.24) is 4.98 Å². The summed E-state index contributed by atoms with van der Waals surface area (Å²) in [6.07, 6.45) is -14.3. The quantitative estimate of drug-likeness (QED) is 0.847. The van der Waals surface area contributed by atoms with Gasteiger partial charge in [0.1, 0.15) is 0 Å². The zero-order valence-corrected chi connectivity index (χ0v) is 10.9. The van der Waals surface area contributed by atoms with Crippen molar-refractivity contribution in [3.63, 3.8) is 0 Å². The van der Waals surface area contributed by atoms with Gasteiger partial charge in [0.2, 0.25) is 5.88 Å². The molecule has 0 aliphatic carbocycles. The van der Waals surface area contributed by atoms with Crippen molar-refractivity contribution >= 4 is 0 Å². The van der Waals surface area contributed by atoms with Gasteiger partial charge in [-0.3, -0.25) is 0 Å². The highest BCUT2D eigenvalue weighted by Crippen LogP contribution is 2.36. The van der Waals surface area contributed by atoms with Crippen LogP contribution in [-0.4, -0.2) is 28.5 Å². The Labute approximate surface area is 116 Å². The Morgan fingerprint density at radius 3 is 2.14 bits per heavy atom. The van der Waals surface area contributed by atoms with Gasteiger partial charge in [-0.1, -0.05) is 13.3 Å². The standard InChI is InChI=1S/C12H13F6NO2/c1-2-3-8-4-7(6-20)5-9(19-8)21-10(11(13,14)15)12(16,17)18/h4-5,10,20H,2-3,6H2,1H3. The van der Waals surface area contributed by atoms with Crippen LogP contribution in [0.2, 0.25) is 0 Å². The van der Waals surface area contributed by atoms with Gasteiger partial charge in [-0.05, 0) is 18.1 Å². The van der Waals surface area contributed by atoms with Crippen LogP contribution in [0.1, 0.15) is 24.6 Å². The van der Waals surface area contributed by atoms with Gasteiger partial charge in [0.25, 0.3) is 6.10 Å². The molecule has 0 spiro atoms. The van der Waals surface area contributed by atoms with Gasteiger partial charge < -0.3 is 9.84 Å². The van der Waals surface area contributed by atoms with Gasteiger partial charge in [-0.15, -0.1) is 0 Å². The molecule has 0 atom stereocenters. The minimum atomic E-state index is -5.61. The molecular formula is C12H13F6NO2. The van der Waals surface area contributed by atoms with Gasteiger partial charge in [0.05, 0.1) is 6.61 Å². The Morgan fingerprint density at radius 1 is 1.14 bits per heavy atom. The fourth-order valence-corrected chi connectivity index (χ4v) is 1.60. The van der Waals surface area contributed by atoms with Gasteiger partial charge in [0.15, 0.2) is 0 Å². The molecule has 21 heavy (non-hydrogen) atoms. The van der Waals surface area contributed by atoms with Crippen molar-refractivity contribution in [2.75, 3.05) is 0 Å². The summed E-state index contributed by atoms with van der Waals surface area (Å²) in [4.78, 5) is 3.60. The lowest BCUT2D eigenvalue weighted by atomic mass is 10.2. The van der Waals surface area contributed by atoms with Crippen molar-refractivity contribution in [2.24, 2.45) is 0 Å². The number of hydrogen-bond acceptors (Lipinski definition) is 3. The molecule has 120 valence electrons. The lowest BCUT2D eigenvalue weighted by molar-refractivity contribution is -0.300. The van der Waals surface area contributed by atoms with E-state index in [0.717, 1.165) is 6.07 Å². The van der Waals surface area contributed by atoms with Gasteiger partial charge in [-0.25, -0.2) is 4.98 Å². The molecule has 0 amide bonds. The number of halogens is 6. The van der Waals surface area contributed by atoms with Crippen LogP contribution >= 0.6 is 0 Å². The molecular weight excluding hydrogens is 304 g/mol. The second-order valence-corrected chi connectivity index (χ2v) is 4.29. The largest absolute Gasteiger partial charge is 0.455 e. The van der Waals surface area contributed by atoms with E-state index in [9.17, 15) is 26.3 Å². The molecule has 0 aromatic carbocycles. The first-order valence-corrected chi connectivity index (χ1v) is 5.98. The normalized spacial score (nSPS) is 12.8. The molecule has 1 N–H and O–H groups in total. The number of hydrogen-bond donors (Lipinski definition) is 1. The van der Waals surface area contributed by atoms with E-state index in [4.69, 9.17) is 5.11 Å². The first-order chi connectivity index (χ1) is 9.57. The van der Waals surface area contributed by atoms with Crippen LogP contribution in [0.25, 0.3) is 0 Å². The second-order valence-electron chi connectivity index (χ2n) is 4.29. The number of pyridine rings is 1. The smallest absolute Gasteiger partial charge is 0.434 e. The summed E-state index contributed by atoms with van der Waals surface area (Å²) in [7, 11) is 0. The zero-order valence-electron chi connectivity index (χ0n) is 10.9. The maximum absolute atomic E-state index is 12.4. The summed E-state index contributed by atoms with van der Waals surface area (Å²) in [5.74, 6) is -0.815. The number of aryl methyl sites for hydroxylation is 1. The fraction of sp³-hybridized carbons (Fsp3) is 0.583. The predicted molar refractivity (Wildman–Crippen MR) is 60.7 cm³/mol. The van der Waals surface area contributed by atoms with Crippen LogP contribution in [0.4, 0.5) is 26.3 Å². The third-order valence-electron chi connectivity index (χ3n) is 2.44. The highest BCUT2D eigenvalue weighted by Gasteiger charge is 2.59. The first-order valence-electron chi connectivity index (χ1n) is 5.98. The van der Waals surface area contributed by atoms with Crippen molar-refractivity contribution in [2.45, 2.75) is 44.8 Å². The molecule has 0 unspecified atom stereocenters. The molecule has 0 saturated heterocycles. The average Bonchev–Trinajstić information content (AvgIpc) is 2.33. The molecule has 1 aromatic heterocycles. The fourth-order valence-electron chi connectivity index (χ4n) is 1.60. The van der Waals surface area contributed by atoms with E-state index in [1.165, 1.54) is 6.07 Å². The number of ether oxygens (including phenoxy) is 1. The molecule has 1 heterocycles. The summed E-state index contributed by atoms with van der Waals surface area (Å²) in [5.41, 5.74) is 0.383. The van der Waals surface area contributed by atoms with Gasteiger partial charge >= 0.3 is 12.4 Å². The van der Waals surface area contributed by atoms with Crippen molar-refractivity contribution in [3.05, 3.63) is 23.4 Å². The van der Waals surface area contributed by atoms with Crippen LogP contribution in [0, 0.1) is 0 Å². The van der Waals surface area contributed by atoms with E-state index in [-0.39, 0.29) is 11.3 Å². The summed E-state index contributed by atoms with van der Waals surface area (Å²) in [5, 5.41) is 8.98. The summed E-state index contributed by atoms with van der Waals surface area (Å²) in [6, 6.07) is 2.25. The molecule has 0 fully saturated rings. The summed E-state index contributed by atoms with van der Waals surface area (Å²) >= 11 is 0. The first kappa shape index (κ1) is 17.5. The van der Waals surface area contributed by atoms with Crippen LogP contribution < -0.4 is 4.74 Å². The minimum Gasteiger partial charge on any atom is -0.455 e. The third kappa shape index (κ3) is 5.07. The molecule has 1 aromatic rings. The minimum absolute atomic E-state index is 0.131. The summed E-state index contributed by atoms with van der Waals surface area (Å²) < 4.78 is 78.5. The molecule has 3 nitrogen and oxygen atoms in total. The molecule has 0 bridgehead atoms. The van der Waals surface area contributed by atoms with Crippen molar-refractivity contribution in [3.8, 4) is 5.88 Å². The number of nitrogens with zero attached hydrogens (tertiary/aromatic N) is 1. The molecule has 0 aliphatic heterocycles.